The smallest absolute Gasteiger partial charge is 0.182 e. The van der Waals surface area contributed by atoms with Crippen molar-refractivity contribution in [1.29, 1.82) is 0 Å². The zero-order chi connectivity index (χ0) is 24.5. The van der Waals surface area contributed by atoms with Crippen LogP contribution in [0.5, 0.6) is 0 Å². The van der Waals surface area contributed by atoms with Gasteiger partial charge in [-0.15, -0.1) is 56.7 Å². The van der Waals surface area contributed by atoms with Crippen molar-refractivity contribution in [1.82, 2.24) is 0 Å². The highest BCUT2D eigenvalue weighted by molar-refractivity contribution is 7.98. The number of hydrogen-bond donors (Lipinski definition) is 0. The highest BCUT2D eigenvalue weighted by Crippen LogP contribution is 2.53. The maximum atomic E-state index is 13.3. The van der Waals surface area contributed by atoms with Gasteiger partial charge < -0.3 is 0 Å². The van der Waals surface area contributed by atoms with Crippen molar-refractivity contribution in [3.8, 4) is 39.0 Å². The van der Waals surface area contributed by atoms with E-state index in [2.05, 4.69) is 38.1 Å². The molecule has 0 atom stereocenters. The molecule has 0 aromatic carbocycles. The Hall–Kier alpha value is -1.60. The van der Waals surface area contributed by atoms with Gasteiger partial charge in [-0.1, -0.05) is 0 Å². The summed E-state index contributed by atoms with van der Waals surface area (Å²) in [6.45, 7) is 4.10. The molecule has 6 heterocycles. The van der Waals surface area contributed by atoms with Crippen LogP contribution in [0.4, 0.5) is 0 Å². The average molecular weight is 595 g/mol. The van der Waals surface area contributed by atoms with E-state index in [0.29, 0.717) is 9.75 Å². The summed E-state index contributed by atoms with van der Waals surface area (Å²) in [5, 5.41) is 0. The Labute approximate surface area is 224 Å². The predicted octanol–water partition coefficient (Wildman–Crippen LogP) is 7.84. The fourth-order valence-corrected chi connectivity index (χ4v) is 15.0. The van der Waals surface area contributed by atoms with Crippen molar-refractivity contribution >= 4 is 76.4 Å². The molecule has 180 valence electrons. The Balaban J connectivity index is 1.56. The van der Waals surface area contributed by atoms with Gasteiger partial charge in [-0.2, -0.15) is 0 Å². The lowest BCUT2D eigenvalue weighted by Gasteiger charge is -2.15. The molecule has 0 N–H and O–H groups in total. The zero-order valence-corrected chi connectivity index (χ0v) is 24.2. The minimum atomic E-state index is -3.73. The van der Waals surface area contributed by atoms with Crippen LogP contribution in [0.1, 0.15) is 9.75 Å². The molecule has 0 fully saturated rings. The molecule has 35 heavy (non-hydrogen) atoms. The van der Waals surface area contributed by atoms with E-state index in [-0.39, 0.29) is 21.3 Å². The Morgan fingerprint density at radius 1 is 0.486 bits per heavy atom. The molecule has 5 aromatic heterocycles. The maximum absolute atomic E-state index is 13.3. The van der Waals surface area contributed by atoms with Crippen LogP contribution in [0.25, 0.3) is 39.0 Å². The number of rotatable bonds is 4. The fourth-order valence-electron chi connectivity index (χ4n) is 4.03. The standard InChI is InChI=1S/C24H18O4S7/c1-13-3-5-15(29-13)17-7-9-19(31-17)21-23-24(35(27,28)12-11-34(23,25)26)22(33-21)20-10-8-18(32-20)16-6-4-14(2)30-16/h3-10H,11-12H2,1-2H3. The van der Waals surface area contributed by atoms with Crippen LogP contribution >= 0.6 is 56.7 Å². The van der Waals surface area contributed by atoms with Crippen molar-refractivity contribution in [2.75, 3.05) is 11.5 Å². The summed E-state index contributed by atoms with van der Waals surface area (Å²) >= 11 is 7.66. The van der Waals surface area contributed by atoms with Gasteiger partial charge in [-0.05, 0) is 62.4 Å². The lowest BCUT2D eigenvalue weighted by Crippen LogP contribution is -2.25. The van der Waals surface area contributed by atoms with Gasteiger partial charge in [0.25, 0.3) is 0 Å². The van der Waals surface area contributed by atoms with Crippen molar-refractivity contribution in [3.63, 3.8) is 0 Å². The van der Waals surface area contributed by atoms with Crippen molar-refractivity contribution in [2.45, 2.75) is 23.6 Å². The molecular weight excluding hydrogens is 577 g/mol. The third kappa shape index (κ3) is 4.11. The molecule has 0 saturated carbocycles. The summed E-state index contributed by atoms with van der Waals surface area (Å²) in [5.74, 6) is -0.754. The molecule has 0 unspecified atom stereocenters. The minimum absolute atomic E-state index is 0.0126. The van der Waals surface area contributed by atoms with E-state index < -0.39 is 19.7 Å². The van der Waals surface area contributed by atoms with Gasteiger partial charge in [-0.25, -0.2) is 16.8 Å². The Bertz CT molecular complexity index is 1670. The lowest BCUT2D eigenvalue weighted by atomic mass is 10.3. The second kappa shape index (κ2) is 8.47. The Morgan fingerprint density at radius 2 is 0.829 bits per heavy atom. The normalized spacial score (nSPS) is 16.4. The fraction of sp³-hybridized carbons (Fsp3) is 0.167. The van der Waals surface area contributed by atoms with E-state index in [0.717, 1.165) is 29.3 Å². The van der Waals surface area contributed by atoms with Gasteiger partial charge in [0.15, 0.2) is 19.7 Å². The first-order chi connectivity index (χ1) is 16.6. The van der Waals surface area contributed by atoms with E-state index in [1.807, 2.05) is 24.3 Å². The Kier molecular flexibility index (Phi) is 5.76. The summed E-state index contributed by atoms with van der Waals surface area (Å²) in [5.41, 5.74) is 0. The van der Waals surface area contributed by atoms with Crippen molar-refractivity contribution in [3.05, 3.63) is 58.3 Å². The third-order valence-corrected chi connectivity index (χ3v) is 16.0. The molecule has 4 nitrogen and oxygen atoms in total. The summed E-state index contributed by atoms with van der Waals surface area (Å²) in [7, 11) is -7.45. The number of hydrogen-bond acceptors (Lipinski definition) is 9. The number of thiophene rings is 5. The molecule has 0 radical (unpaired) electrons. The molecule has 1 aliphatic rings. The van der Waals surface area contributed by atoms with Crippen LogP contribution < -0.4 is 0 Å². The van der Waals surface area contributed by atoms with Gasteiger partial charge >= 0.3 is 0 Å². The van der Waals surface area contributed by atoms with Gasteiger partial charge in [0, 0.05) is 39.0 Å². The number of sulfone groups is 2. The highest BCUT2D eigenvalue weighted by atomic mass is 32.2. The molecular formula is C24H18O4S7. The quantitative estimate of drug-likeness (QED) is 0.213. The van der Waals surface area contributed by atoms with E-state index >= 15 is 0 Å². The largest absolute Gasteiger partial charge is 0.224 e. The minimum Gasteiger partial charge on any atom is -0.224 e. The zero-order valence-electron chi connectivity index (χ0n) is 18.5. The van der Waals surface area contributed by atoms with Gasteiger partial charge in [0.1, 0.15) is 9.79 Å². The van der Waals surface area contributed by atoms with E-state index in [9.17, 15) is 16.8 Å². The van der Waals surface area contributed by atoms with Gasteiger partial charge in [-0.3, -0.25) is 0 Å². The van der Waals surface area contributed by atoms with E-state index in [1.54, 1.807) is 22.7 Å². The second-order valence-corrected chi connectivity index (χ2v) is 18.1. The van der Waals surface area contributed by atoms with Gasteiger partial charge in [0.05, 0.1) is 21.3 Å². The first kappa shape index (κ1) is 23.8. The molecule has 11 heteroatoms. The first-order valence-electron chi connectivity index (χ1n) is 10.6. The molecule has 6 rings (SSSR count). The summed E-state index contributed by atoms with van der Waals surface area (Å²) in [6, 6.07) is 16.0. The molecule has 0 saturated heterocycles. The van der Waals surface area contributed by atoms with E-state index in [4.69, 9.17) is 0 Å². The second-order valence-electron chi connectivity index (χ2n) is 8.20. The number of aryl methyl sites for hydroxylation is 2. The summed E-state index contributed by atoms with van der Waals surface area (Å²) < 4.78 is 53.1. The lowest BCUT2D eigenvalue weighted by molar-refractivity contribution is 0.577. The van der Waals surface area contributed by atoms with Crippen LogP contribution in [0.2, 0.25) is 0 Å². The molecule has 0 aliphatic carbocycles. The first-order valence-corrected chi connectivity index (χ1v) is 18.0. The Morgan fingerprint density at radius 3 is 1.20 bits per heavy atom. The number of fused-ring (bicyclic) bond motifs is 1. The average Bonchev–Trinajstić information content (AvgIpc) is 3.60. The van der Waals surface area contributed by atoms with Gasteiger partial charge in [0.2, 0.25) is 0 Å². The molecule has 0 spiro atoms. The van der Waals surface area contributed by atoms with Crippen molar-refractivity contribution < 1.29 is 16.8 Å². The molecule has 5 aromatic rings. The third-order valence-electron chi connectivity index (χ3n) is 5.69. The van der Waals surface area contributed by atoms with E-state index in [1.165, 1.54) is 43.8 Å². The van der Waals surface area contributed by atoms with Crippen LogP contribution in [0, 0.1) is 13.8 Å². The summed E-state index contributed by atoms with van der Waals surface area (Å²) in [6.07, 6.45) is 0. The molecule has 0 amide bonds. The summed E-state index contributed by atoms with van der Waals surface area (Å²) in [4.78, 5) is 9.34. The molecule has 1 aliphatic heterocycles. The molecule has 0 bridgehead atoms. The van der Waals surface area contributed by atoms with Crippen LogP contribution in [0.15, 0.2) is 58.3 Å². The van der Waals surface area contributed by atoms with Crippen molar-refractivity contribution in [2.24, 2.45) is 0 Å². The topological polar surface area (TPSA) is 68.3 Å². The monoisotopic (exact) mass is 594 g/mol. The van der Waals surface area contributed by atoms with Crippen LogP contribution in [-0.2, 0) is 19.7 Å². The van der Waals surface area contributed by atoms with Crippen LogP contribution in [-0.4, -0.2) is 28.3 Å². The predicted molar refractivity (Wildman–Crippen MR) is 151 cm³/mol. The highest BCUT2D eigenvalue weighted by Gasteiger charge is 2.41. The maximum Gasteiger partial charge on any atom is 0.182 e. The van der Waals surface area contributed by atoms with Crippen LogP contribution in [0.3, 0.4) is 0 Å². The SMILES string of the molecule is Cc1ccc(-c2ccc(-c3sc(-c4ccc(-c5ccc(C)s5)s4)c4c3S(=O)(=O)CCS4(=O)=O)s2)s1.